The van der Waals surface area contributed by atoms with Crippen LogP contribution in [0.15, 0.2) is 23.6 Å². The third-order valence-corrected chi connectivity index (χ3v) is 5.99. The van der Waals surface area contributed by atoms with Crippen LogP contribution in [0.3, 0.4) is 0 Å². The molecule has 106 valence electrons. The highest BCUT2D eigenvalue weighted by molar-refractivity contribution is 7.12. The first-order valence-corrected chi connectivity index (χ1v) is 8.78. The summed E-state index contributed by atoms with van der Waals surface area (Å²) in [6.07, 6.45) is 2.05. The van der Waals surface area contributed by atoms with E-state index in [0.717, 1.165) is 12.8 Å². The lowest BCUT2D eigenvalue weighted by atomic mass is 10.2. The summed E-state index contributed by atoms with van der Waals surface area (Å²) in [6.45, 7) is 4.96. The van der Waals surface area contributed by atoms with E-state index in [-0.39, 0.29) is 11.8 Å². The minimum absolute atomic E-state index is 0.193. The Morgan fingerprint density at radius 1 is 1.40 bits per heavy atom. The van der Waals surface area contributed by atoms with Gasteiger partial charge < -0.3 is 5.32 Å². The number of amides is 1. The molecule has 1 aliphatic carbocycles. The fourth-order valence-electron chi connectivity index (χ4n) is 2.59. The average Bonchev–Trinajstić information content (AvgIpc) is 2.91. The molecule has 2 nitrogen and oxygen atoms in total. The Morgan fingerprint density at radius 2 is 2.25 bits per heavy atom. The average molecular weight is 305 g/mol. The molecule has 20 heavy (non-hydrogen) atoms. The molecule has 1 amide bonds. The zero-order valence-electron chi connectivity index (χ0n) is 11.8. The quantitative estimate of drug-likeness (QED) is 0.885. The number of thiophene rings is 2. The number of carbonyl (C=O) groups is 1. The van der Waals surface area contributed by atoms with E-state index in [1.54, 1.807) is 11.3 Å². The molecule has 1 N–H and O–H groups in total. The summed E-state index contributed by atoms with van der Waals surface area (Å²) in [5.74, 6) is 0.872. The molecule has 0 aliphatic heterocycles. The van der Waals surface area contributed by atoms with E-state index in [9.17, 15) is 4.79 Å². The molecule has 3 rings (SSSR count). The van der Waals surface area contributed by atoms with E-state index in [0.29, 0.717) is 12.5 Å². The molecule has 2 unspecified atom stereocenters. The van der Waals surface area contributed by atoms with Crippen LogP contribution in [0.1, 0.15) is 39.5 Å². The van der Waals surface area contributed by atoms with Crippen LogP contribution >= 0.6 is 22.7 Å². The van der Waals surface area contributed by atoms with Crippen LogP contribution < -0.4 is 5.32 Å². The maximum absolute atomic E-state index is 12.2. The van der Waals surface area contributed by atoms with Crippen molar-refractivity contribution in [3.05, 3.63) is 43.8 Å². The SMILES string of the molecule is CCc1ccsc1CNC(=O)C1CC1c1ccc(C)s1. The fourth-order valence-corrected chi connectivity index (χ4v) is 4.56. The van der Waals surface area contributed by atoms with Crippen LogP contribution in [0.25, 0.3) is 0 Å². The first-order valence-electron chi connectivity index (χ1n) is 7.08. The molecule has 0 radical (unpaired) electrons. The highest BCUT2D eigenvalue weighted by atomic mass is 32.1. The predicted molar refractivity (Wildman–Crippen MR) is 85.4 cm³/mol. The smallest absolute Gasteiger partial charge is 0.224 e. The molecular weight excluding hydrogens is 286 g/mol. The molecule has 0 aromatic carbocycles. The van der Waals surface area contributed by atoms with Crippen molar-refractivity contribution in [3.63, 3.8) is 0 Å². The Hall–Kier alpha value is -1.13. The van der Waals surface area contributed by atoms with Gasteiger partial charge in [0.25, 0.3) is 0 Å². The molecule has 1 fully saturated rings. The van der Waals surface area contributed by atoms with Crippen LogP contribution in [0, 0.1) is 12.8 Å². The van der Waals surface area contributed by atoms with E-state index in [1.807, 2.05) is 11.3 Å². The molecular formula is C16H19NOS2. The van der Waals surface area contributed by atoms with Crippen molar-refractivity contribution in [1.82, 2.24) is 5.32 Å². The Bertz CT molecular complexity index is 614. The van der Waals surface area contributed by atoms with Gasteiger partial charge in [0.05, 0.1) is 6.54 Å². The Kier molecular flexibility index (Phi) is 3.94. The van der Waals surface area contributed by atoms with Gasteiger partial charge in [-0.05, 0) is 48.9 Å². The minimum Gasteiger partial charge on any atom is -0.351 e. The molecule has 0 spiro atoms. The third-order valence-electron chi connectivity index (χ3n) is 3.90. The lowest BCUT2D eigenvalue weighted by Crippen LogP contribution is -2.24. The summed E-state index contributed by atoms with van der Waals surface area (Å²) in [5, 5.41) is 5.21. The molecule has 2 aromatic rings. The minimum atomic E-state index is 0.193. The maximum atomic E-state index is 12.2. The van der Waals surface area contributed by atoms with Crippen LogP contribution in [0.5, 0.6) is 0 Å². The molecule has 2 aromatic heterocycles. The van der Waals surface area contributed by atoms with Crippen LogP contribution in [0.4, 0.5) is 0 Å². The first kappa shape index (κ1) is 13.8. The van der Waals surface area contributed by atoms with E-state index in [1.165, 1.54) is 20.2 Å². The van der Waals surface area contributed by atoms with Gasteiger partial charge in [-0.3, -0.25) is 4.79 Å². The zero-order valence-corrected chi connectivity index (χ0v) is 13.4. The largest absolute Gasteiger partial charge is 0.351 e. The van der Waals surface area contributed by atoms with Gasteiger partial charge in [0, 0.05) is 26.5 Å². The number of aryl methyl sites for hydroxylation is 2. The van der Waals surface area contributed by atoms with Gasteiger partial charge in [-0.15, -0.1) is 22.7 Å². The van der Waals surface area contributed by atoms with Crippen LogP contribution in [-0.4, -0.2) is 5.91 Å². The van der Waals surface area contributed by atoms with Gasteiger partial charge in [-0.25, -0.2) is 0 Å². The van der Waals surface area contributed by atoms with Crippen molar-refractivity contribution in [2.24, 2.45) is 5.92 Å². The Balaban J connectivity index is 1.54. The van der Waals surface area contributed by atoms with Gasteiger partial charge in [-0.2, -0.15) is 0 Å². The van der Waals surface area contributed by atoms with E-state index in [4.69, 9.17) is 0 Å². The van der Waals surface area contributed by atoms with E-state index >= 15 is 0 Å². The first-order chi connectivity index (χ1) is 9.69. The summed E-state index contributed by atoms with van der Waals surface area (Å²) in [4.78, 5) is 16.2. The highest BCUT2D eigenvalue weighted by Crippen LogP contribution is 2.49. The molecule has 1 saturated carbocycles. The molecule has 0 saturated heterocycles. The van der Waals surface area contributed by atoms with Gasteiger partial charge in [0.2, 0.25) is 5.91 Å². The number of rotatable bonds is 5. The van der Waals surface area contributed by atoms with Crippen molar-refractivity contribution in [2.75, 3.05) is 0 Å². The lowest BCUT2D eigenvalue weighted by Gasteiger charge is -2.05. The van der Waals surface area contributed by atoms with Crippen LogP contribution in [0.2, 0.25) is 0 Å². The summed E-state index contributed by atoms with van der Waals surface area (Å²) < 4.78 is 0. The second-order valence-corrected chi connectivity index (χ2v) is 7.66. The fraction of sp³-hybridized carbons (Fsp3) is 0.438. The normalized spacial score (nSPS) is 20.9. The Morgan fingerprint density at radius 3 is 2.95 bits per heavy atom. The van der Waals surface area contributed by atoms with Gasteiger partial charge >= 0.3 is 0 Å². The monoisotopic (exact) mass is 305 g/mol. The second-order valence-electron chi connectivity index (χ2n) is 5.34. The summed E-state index contributed by atoms with van der Waals surface area (Å²) in [6, 6.07) is 6.47. The van der Waals surface area contributed by atoms with E-state index < -0.39 is 0 Å². The summed E-state index contributed by atoms with van der Waals surface area (Å²) in [7, 11) is 0. The second kappa shape index (κ2) is 5.70. The van der Waals surface area contributed by atoms with Gasteiger partial charge in [-0.1, -0.05) is 6.92 Å². The molecule has 4 heteroatoms. The van der Waals surface area contributed by atoms with Crippen molar-refractivity contribution < 1.29 is 4.79 Å². The van der Waals surface area contributed by atoms with Crippen molar-refractivity contribution >= 4 is 28.6 Å². The Labute approximate surface area is 127 Å². The molecule has 1 aliphatic rings. The lowest BCUT2D eigenvalue weighted by molar-refractivity contribution is -0.122. The molecule has 2 atom stereocenters. The van der Waals surface area contributed by atoms with E-state index in [2.05, 4.69) is 42.7 Å². The van der Waals surface area contributed by atoms with Crippen LogP contribution in [-0.2, 0) is 17.8 Å². The predicted octanol–water partition coefficient (Wildman–Crippen LogP) is 4.10. The van der Waals surface area contributed by atoms with Crippen molar-refractivity contribution in [3.8, 4) is 0 Å². The van der Waals surface area contributed by atoms with Gasteiger partial charge in [0.1, 0.15) is 0 Å². The van der Waals surface area contributed by atoms with Crippen molar-refractivity contribution in [1.29, 1.82) is 0 Å². The topological polar surface area (TPSA) is 29.1 Å². The molecule has 0 bridgehead atoms. The third kappa shape index (κ3) is 2.81. The number of hydrogen-bond donors (Lipinski definition) is 1. The molecule has 2 heterocycles. The number of nitrogens with one attached hydrogen (secondary N) is 1. The summed E-state index contributed by atoms with van der Waals surface area (Å²) >= 11 is 3.56. The number of carbonyl (C=O) groups excluding carboxylic acids is 1. The summed E-state index contributed by atoms with van der Waals surface area (Å²) in [5.41, 5.74) is 1.36. The highest BCUT2D eigenvalue weighted by Gasteiger charge is 2.44. The maximum Gasteiger partial charge on any atom is 0.224 e. The number of hydrogen-bond acceptors (Lipinski definition) is 3. The van der Waals surface area contributed by atoms with Gasteiger partial charge in [0.15, 0.2) is 0 Å². The zero-order chi connectivity index (χ0) is 14.1. The van der Waals surface area contributed by atoms with Crippen molar-refractivity contribution in [2.45, 2.75) is 39.2 Å². The standard InChI is InChI=1S/C16H19NOS2/c1-3-11-6-7-19-15(11)9-17-16(18)13-8-12(13)14-5-4-10(2)20-14/h4-7,12-13H,3,8-9H2,1-2H3,(H,17,18).